The Morgan fingerprint density at radius 1 is 0.978 bits per heavy atom. The first kappa shape index (κ1) is 39.0. The van der Waals surface area contributed by atoms with E-state index in [9.17, 15) is 35.1 Å². The molecule has 256 valence electrons. The van der Waals surface area contributed by atoms with Crippen molar-refractivity contribution in [1.82, 2.24) is 5.32 Å². The molecule has 7 N–H and O–H groups in total. The monoisotopic (exact) mass is 645 g/mol. The fourth-order valence-electron chi connectivity index (χ4n) is 5.33. The van der Waals surface area contributed by atoms with Crippen molar-refractivity contribution in [3.05, 3.63) is 84.6 Å². The number of hydrogen-bond acceptors (Lipinski definition) is 9. The molecule has 2 saturated heterocycles. The Hall–Kier alpha value is -3.16. The first-order valence-electron chi connectivity index (χ1n) is 15.5. The van der Waals surface area contributed by atoms with Crippen LogP contribution in [0.2, 0.25) is 0 Å². The summed E-state index contributed by atoms with van der Waals surface area (Å²) in [7, 11) is 0. The molecular formula is C35H51NO10. The molecule has 2 heterocycles. The maximum Gasteiger partial charge on any atom is 0.328 e. The summed E-state index contributed by atoms with van der Waals surface area (Å²) in [5.74, 6) is -5.50. The lowest BCUT2D eigenvalue weighted by molar-refractivity contribution is -0.357. The van der Waals surface area contributed by atoms with E-state index in [1.807, 2.05) is 19.9 Å². The lowest BCUT2D eigenvalue weighted by Crippen LogP contribution is -2.68. The van der Waals surface area contributed by atoms with Crippen molar-refractivity contribution in [3.63, 3.8) is 0 Å². The van der Waals surface area contributed by atoms with Crippen LogP contribution in [0.3, 0.4) is 0 Å². The number of carboxylic acid groups (broad SMARTS) is 1. The fraction of sp³-hybridized carbons (Fsp3) is 0.543. The molecule has 0 aromatic rings. The number of allylic oxidation sites excluding steroid dienone is 9. The Balaban J connectivity index is 1.93. The minimum atomic E-state index is -2.33. The van der Waals surface area contributed by atoms with Gasteiger partial charge in [0, 0.05) is 30.4 Å². The van der Waals surface area contributed by atoms with E-state index >= 15 is 0 Å². The largest absolute Gasteiger partial charge is 0.478 e. The van der Waals surface area contributed by atoms with Gasteiger partial charge < -0.3 is 45.4 Å². The molecule has 10 atom stereocenters. The van der Waals surface area contributed by atoms with Gasteiger partial charge in [-0.3, -0.25) is 4.79 Å². The zero-order valence-corrected chi connectivity index (χ0v) is 27.4. The third-order valence-corrected chi connectivity index (χ3v) is 8.64. The van der Waals surface area contributed by atoms with Crippen molar-refractivity contribution in [3.8, 4) is 0 Å². The second kappa shape index (κ2) is 17.7. The van der Waals surface area contributed by atoms with Crippen LogP contribution in [0.15, 0.2) is 84.6 Å². The van der Waals surface area contributed by atoms with Gasteiger partial charge in [0.1, 0.15) is 12.2 Å². The highest BCUT2D eigenvalue weighted by atomic mass is 16.7. The van der Waals surface area contributed by atoms with E-state index in [1.165, 1.54) is 13.0 Å². The summed E-state index contributed by atoms with van der Waals surface area (Å²) in [6.07, 6.45) is 14.8. The van der Waals surface area contributed by atoms with Gasteiger partial charge in [-0.15, -0.1) is 0 Å². The molecule has 0 spiro atoms. The van der Waals surface area contributed by atoms with Crippen LogP contribution in [0, 0.1) is 17.3 Å². The van der Waals surface area contributed by atoms with E-state index in [2.05, 4.69) is 5.32 Å². The molecule has 11 heteroatoms. The van der Waals surface area contributed by atoms with E-state index < -0.39 is 71.7 Å². The van der Waals surface area contributed by atoms with Crippen molar-refractivity contribution in [2.24, 2.45) is 17.3 Å². The smallest absolute Gasteiger partial charge is 0.328 e. The van der Waals surface area contributed by atoms with Gasteiger partial charge in [0.05, 0.1) is 36.4 Å². The summed E-state index contributed by atoms with van der Waals surface area (Å²) in [5, 5.41) is 65.4. The van der Waals surface area contributed by atoms with Crippen molar-refractivity contribution < 1.29 is 49.7 Å². The topological polar surface area (TPSA) is 186 Å². The summed E-state index contributed by atoms with van der Waals surface area (Å²) < 4.78 is 11.8. The summed E-state index contributed by atoms with van der Waals surface area (Å²) in [4.78, 5) is 23.4. The molecule has 2 rings (SSSR count). The van der Waals surface area contributed by atoms with Crippen LogP contribution < -0.4 is 5.32 Å². The molecule has 2 aliphatic heterocycles. The second-order valence-corrected chi connectivity index (χ2v) is 12.4. The fourth-order valence-corrected chi connectivity index (χ4v) is 5.33. The molecule has 46 heavy (non-hydrogen) atoms. The van der Waals surface area contributed by atoms with Gasteiger partial charge in [-0.1, -0.05) is 93.7 Å². The molecule has 0 saturated carbocycles. The summed E-state index contributed by atoms with van der Waals surface area (Å²) in [5.41, 5.74) is -0.284. The van der Waals surface area contributed by atoms with Crippen LogP contribution >= 0.6 is 0 Å². The van der Waals surface area contributed by atoms with Crippen LogP contribution in [-0.4, -0.2) is 97.6 Å². The van der Waals surface area contributed by atoms with Gasteiger partial charge in [-0.2, -0.15) is 0 Å². The molecular weight excluding hydrogens is 594 g/mol. The van der Waals surface area contributed by atoms with E-state index in [1.54, 1.807) is 81.5 Å². The number of carboxylic acids is 1. The Labute approximate surface area is 271 Å². The number of rotatable bonds is 14. The molecule has 0 radical (unpaired) electrons. The molecule has 0 aromatic carbocycles. The maximum atomic E-state index is 12.9. The van der Waals surface area contributed by atoms with Crippen LogP contribution in [0.5, 0.6) is 0 Å². The first-order chi connectivity index (χ1) is 21.6. The lowest BCUT2D eigenvalue weighted by Gasteiger charge is -2.52. The van der Waals surface area contributed by atoms with Crippen molar-refractivity contribution >= 4 is 11.9 Å². The van der Waals surface area contributed by atoms with Gasteiger partial charge in [0.2, 0.25) is 11.7 Å². The summed E-state index contributed by atoms with van der Waals surface area (Å²) in [6.45, 7) is 10.4. The van der Waals surface area contributed by atoms with Gasteiger partial charge in [0.25, 0.3) is 0 Å². The molecule has 10 unspecified atom stereocenters. The highest BCUT2D eigenvalue weighted by Crippen LogP contribution is 2.43. The number of carbonyl (C=O) groups is 2. The summed E-state index contributed by atoms with van der Waals surface area (Å²) in [6, 6.07) is 0. The maximum absolute atomic E-state index is 12.9. The van der Waals surface area contributed by atoms with E-state index in [4.69, 9.17) is 14.6 Å². The van der Waals surface area contributed by atoms with Crippen LogP contribution in [-0.2, 0) is 19.1 Å². The number of ether oxygens (including phenoxy) is 2. The average molecular weight is 646 g/mol. The minimum absolute atomic E-state index is 0.0932. The van der Waals surface area contributed by atoms with Crippen LogP contribution in [0.1, 0.15) is 48.0 Å². The third kappa shape index (κ3) is 10.2. The SMILES string of the molecule is CC=CC=CC1OC(O)(C(C)C(=O)NCC=CC=C(C)C(O)C(C)C2CC(O)C(C=CC=CC=CC(=O)O)O2)C(O)C(O)C1(C)C. The number of aliphatic hydroxyl groups excluding tert-OH is 4. The second-order valence-electron chi connectivity index (χ2n) is 12.4. The zero-order valence-electron chi connectivity index (χ0n) is 27.4. The zero-order chi connectivity index (χ0) is 34.7. The molecule has 2 fully saturated rings. The number of aliphatic carboxylic acids is 1. The van der Waals surface area contributed by atoms with E-state index in [0.717, 1.165) is 6.08 Å². The highest BCUT2D eigenvalue weighted by Gasteiger charge is 2.59. The first-order valence-corrected chi connectivity index (χ1v) is 15.5. The Bertz CT molecular complexity index is 1230. The normalized spacial score (nSPS) is 32.8. The number of hydrogen-bond donors (Lipinski definition) is 7. The predicted octanol–water partition coefficient (Wildman–Crippen LogP) is 2.48. The standard InChI is InChI=1S/C35H51NO10/c1-7-8-11-18-28-34(5,6)31(41)32(42)35(44,46-28)24(4)33(43)36-20-15-14-16-22(2)30(40)23(3)27-21-25(37)26(45-27)17-12-9-10-13-19-29(38)39/h7-19,23-28,30-32,37,40-42,44H,20-21H2,1-6H3,(H,36,43)(H,38,39). The van der Waals surface area contributed by atoms with Crippen LogP contribution in [0.4, 0.5) is 0 Å². The lowest BCUT2D eigenvalue weighted by atomic mass is 9.71. The number of carbonyl (C=O) groups excluding carboxylic acids is 1. The minimum Gasteiger partial charge on any atom is -0.478 e. The Morgan fingerprint density at radius 3 is 2.28 bits per heavy atom. The Kier molecular flexibility index (Phi) is 15.0. The van der Waals surface area contributed by atoms with Gasteiger partial charge >= 0.3 is 5.97 Å². The molecule has 2 aliphatic rings. The van der Waals surface area contributed by atoms with Crippen molar-refractivity contribution in [2.75, 3.05) is 6.54 Å². The molecule has 0 aliphatic carbocycles. The van der Waals surface area contributed by atoms with Gasteiger partial charge in [-0.05, 0) is 26.3 Å². The number of aliphatic hydroxyl groups is 5. The summed E-state index contributed by atoms with van der Waals surface area (Å²) >= 11 is 0. The molecule has 11 nitrogen and oxygen atoms in total. The molecule has 0 aromatic heterocycles. The highest BCUT2D eigenvalue weighted by molar-refractivity contribution is 5.80. The van der Waals surface area contributed by atoms with E-state index in [-0.39, 0.29) is 12.5 Å². The quantitative estimate of drug-likeness (QED) is 0.109. The number of amides is 1. The van der Waals surface area contributed by atoms with Gasteiger partial charge in [0.15, 0.2) is 0 Å². The van der Waals surface area contributed by atoms with Crippen molar-refractivity contribution in [1.29, 1.82) is 0 Å². The van der Waals surface area contributed by atoms with Crippen LogP contribution in [0.25, 0.3) is 0 Å². The van der Waals surface area contributed by atoms with Crippen molar-refractivity contribution in [2.45, 2.75) is 96.5 Å². The Morgan fingerprint density at radius 2 is 1.63 bits per heavy atom. The molecule has 0 bridgehead atoms. The predicted molar refractivity (Wildman–Crippen MR) is 174 cm³/mol. The van der Waals surface area contributed by atoms with E-state index in [0.29, 0.717) is 12.0 Å². The van der Waals surface area contributed by atoms with Gasteiger partial charge in [-0.25, -0.2) is 4.79 Å². The average Bonchev–Trinajstić information content (AvgIpc) is 3.38. The third-order valence-electron chi connectivity index (χ3n) is 8.64. The molecule has 1 amide bonds. The number of nitrogens with one attached hydrogen (secondary N) is 1.